The van der Waals surface area contributed by atoms with E-state index in [9.17, 15) is 0 Å². The standard InChI is InChI=1S/C22H24N4S/c1-3-15-14-27-22-24-20(18-10-7-8-12-23-18)21(26(15)22)17-13-25(4-2)19-11-6-5-9-16(17)19/h5-13,15,20-21H,3-4,14H2,1-2H3/t15-,20+,21+/m1/s1. The van der Waals surface area contributed by atoms with E-state index in [0.29, 0.717) is 6.04 Å². The van der Waals surface area contributed by atoms with Crippen molar-refractivity contribution in [2.24, 2.45) is 4.99 Å². The summed E-state index contributed by atoms with van der Waals surface area (Å²) in [4.78, 5) is 12.4. The Kier molecular flexibility index (Phi) is 4.20. The van der Waals surface area contributed by atoms with Gasteiger partial charge in [-0.3, -0.25) is 9.98 Å². The third kappa shape index (κ3) is 2.59. The number of benzene rings is 1. The van der Waals surface area contributed by atoms with Crippen LogP contribution in [0.3, 0.4) is 0 Å². The number of aryl methyl sites for hydroxylation is 1. The lowest BCUT2D eigenvalue weighted by Crippen LogP contribution is -2.35. The van der Waals surface area contributed by atoms with Crippen LogP contribution in [0.4, 0.5) is 0 Å². The smallest absolute Gasteiger partial charge is 0.160 e. The van der Waals surface area contributed by atoms with Crippen molar-refractivity contribution < 1.29 is 0 Å². The lowest BCUT2D eigenvalue weighted by Gasteiger charge is -2.31. The molecule has 2 aliphatic rings. The maximum Gasteiger partial charge on any atom is 0.160 e. The van der Waals surface area contributed by atoms with Crippen molar-refractivity contribution in [3.63, 3.8) is 0 Å². The number of hydrogen-bond donors (Lipinski definition) is 0. The molecule has 2 aliphatic heterocycles. The highest BCUT2D eigenvalue weighted by Crippen LogP contribution is 2.50. The molecule has 3 atom stereocenters. The normalized spacial score (nSPS) is 24.4. The Hall–Kier alpha value is -2.27. The maximum atomic E-state index is 5.15. The van der Waals surface area contributed by atoms with Crippen LogP contribution in [0.15, 0.2) is 59.9 Å². The average Bonchev–Trinajstić information content (AvgIpc) is 3.39. The number of hydrogen-bond acceptors (Lipinski definition) is 4. The molecule has 0 spiro atoms. The molecule has 4 nitrogen and oxygen atoms in total. The lowest BCUT2D eigenvalue weighted by atomic mass is 9.95. The Morgan fingerprint density at radius 2 is 1.96 bits per heavy atom. The Bertz CT molecular complexity index is 994. The Labute approximate surface area is 164 Å². The predicted octanol–water partition coefficient (Wildman–Crippen LogP) is 5.04. The van der Waals surface area contributed by atoms with E-state index in [1.54, 1.807) is 0 Å². The molecule has 3 aromatic rings. The Balaban J connectivity index is 1.70. The summed E-state index contributed by atoms with van der Waals surface area (Å²) in [6, 6.07) is 15.7. The molecule has 1 aromatic carbocycles. The van der Waals surface area contributed by atoms with E-state index in [1.165, 1.54) is 21.6 Å². The van der Waals surface area contributed by atoms with E-state index in [4.69, 9.17) is 4.99 Å². The van der Waals surface area contributed by atoms with E-state index in [1.807, 2.05) is 24.0 Å². The van der Waals surface area contributed by atoms with Gasteiger partial charge in [-0.2, -0.15) is 0 Å². The molecule has 5 rings (SSSR count). The van der Waals surface area contributed by atoms with Crippen molar-refractivity contribution in [1.29, 1.82) is 0 Å². The van der Waals surface area contributed by atoms with Crippen molar-refractivity contribution in [3.8, 4) is 0 Å². The minimum Gasteiger partial charge on any atom is -0.347 e. The largest absolute Gasteiger partial charge is 0.347 e. The number of para-hydroxylation sites is 1. The first-order chi connectivity index (χ1) is 13.3. The second kappa shape index (κ2) is 6.71. The van der Waals surface area contributed by atoms with Gasteiger partial charge in [0.15, 0.2) is 5.17 Å². The third-order valence-electron chi connectivity index (χ3n) is 5.81. The molecule has 0 aliphatic carbocycles. The molecule has 27 heavy (non-hydrogen) atoms. The zero-order valence-electron chi connectivity index (χ0n) is 15.7. The molecule has 0 amide bonds. The number of fused-ring (bicyclic) bond motifs is 2. The molecule has 2 aromatic heterocycles. The predicted molar refractivity (Wildman–Crippen MR) is 113 cm³/mol. The minimum atomic E-state index is 0.0548. The quantitative estimate of drug-likeness (QED) is 0.640. The van der Waals surface area contributed by atoms with Crippen LogP contribution in [0.25, 0.3) is 10.9 Å². The summed E-state index contributed by atoms with van der Waals surface area (Å²) in [5, 5.41) is 2.53. The molecule has 0 saturated carbocycles. The van der Waals surface area contributed by atoms with Gasteiger partial charge in [0, 0.05) is 47.2 Å². The van der Waals surface area contributed by atoms with Crippen LogP contribution >= 0.6 is 11.8 Å². The van der Waals surface area contributed by atoms with E-state index in [0.717, 1.165) is 24.4 Å². The fourth-order valence-electron chi connectivity index (χ4n) is 4.46. The minimum absolute atomic E-state index is 0.0548. The summed E-state index contributed by atoms with van der Waals surface area (Å²) >= 11 is 1.90. The molecule has 0 radical (unpaired) electrons. The summed E-state index contributed by atoms with van der Waals surface area (Å²) in [5.41, 5.74) is 3.75. The van der Waals surface area contributed by atoms with Gasteiger partial charge in [-0.25, -0.2) is 0 Å². The molecule has 0 N–H and O–H groups in total. The zero-order valence-corrected chi connectivity index (χ0v) is 16.6. The first-order valence-corrected chi connectivity index (χ1v) is 10.8. The van der Waals surface area contributed by atoms with Crippen LogP contribution in [0.5, 0.6) is 0 Å². The van der Waals surface area contributed by atoms with Gasteiger partial charge in [0.25, 0.3) is 0 Å². The van der Waals surface area contributed by atoms with Crippen LogP contribution in [-0.4, -0.2) is 31.4 Å². The molecular formula is C22H24N4S. The van der Waals surface area contributed by atoms with Gasteiger partial charge in [0.2, 0.25) is 0 Å². The summed E-state index contributed by atoms with van der Waals surface area (Å²) in [6.45, 7) is 5.47. The SMILES string of the molecule is CC[C@@H]1CSC2=N[C@@H](c3ccccn3)[C@H](c3cn(CC)c4ccccc34)N21. The van der Waals surface area contributed by atoms with E-state index < -0.39 is 0 Å². The van der Waals surface area contributed by atoms with Crippen LogP contribution in [0.2, 0.25) is 0 Å². The molecule has 5 heteroatoms. The van der Waals surface area contributed by atoms with E-state index in [2.05, 4.69) is 70.9 Å². The fraction of sp³-hybridized carbons (Fsp3) is 0.364. The van der Waals surface area contributed by atoms with Crippen LogP contribution < -0.4 is 0 Å². The van der Waals surface area contributed by atoms with Gasteiger partial charge in [0.05, 0.1) is 11.7 Å². The highest BCUT2D eigenvalue weighted by Gasteiger charge is 2.46. The Morgan fingerprint density at radius 1 is 1.11 bits per heavy atom. The third-order valence-corrected chi connectivity index (χ3v) is 6.93. The van der Waals surface area contributed by atoms with Gasteiger partial charge in [-0.1, -0.05) is 43.0 Å². The molecule has 138 valence electrons. The Morgan fingerprint density at radius 3 is 2.74 bits per heavy atom. The topological polar surface area (TPSA) is 33.4 Å². The molecule has 4 heterocycles. The number of thioether (sulfide) groups is 1. The summed E-state index contributed by atoms with van der Waals surface area (Å²) in [6.07, 6.45) is 5.37. The maximum absolute atomic E-state index is 5.15. The monoisotopic (exact) mass is 376 g/mol. The van der Waals surface area contributed by atoms with Crippen molar-refractivity contribution in [3.05, 3.63) is 66.1 Å². The van der Waals surface area contributed by atoms with Crippen molar-refractivity contribution in [2.45, 2.75) is 44.9 Å². The molecule has 0 bridgehead atoms. The second-order valence-electron chi connectivity index (χ2n) is 7.22. The molecule has 1 fully saturated rings. The molecular weight excluding hydrogens is 352 g/mol. The van der Waals surface area contributed by atoms with E-state index in [-0.39, 0.29) is 12.1 Å². The summed E-state index contributed by atoms with van der Waals surface area (Å²) < 4.78 is 2.36. The fourth-order valence-corrected chi connectivity index (χ4v) is 5.80. The van der Waals surface area contributed by atoms with Crippen molar-refractivity contribution in [1.82, 2.24) is 14.5 Å². The number of amidine groups is 1. The highest BCUT2D eigenvalue weighted by molar-refractivity contribution is 8.14. The average molecular weight is 377 g/mol. The first kappa shape index (κ1) is 16.9. The number of nitrogens with zero attached hydrogens (tertiary/aromatic N) is 4. The number of aliphatic imine (C=N–C) groups is 1. The van der Waals surface area contributed by atoms with Gasteiger partial charge in [0.1, 0.15) is 6.04 Å². The number of rotatable bonds is 4. The van der Waals surface area contributed by atoms with E-state index >= 15 is 0 Å². The van der Waals surface area contributed by atoms with Gasteiger partial charge in [-0.15, -0.1) is 0 Å². The zero-order chi connectivity index (χ0) is 18.4. The van der Waals surface area contributed by atoms with Gasteiger partial charge >= 0.3 is 0 Å². The van der Waals surface area contributed by atoms with Crippen LogP contribution in [-0.2, 0) is 6.54 Å². The molecule has 0 unspecified atom stereocenters. The first-order valence-electron chi connectivity index (χ1n) is 9.79. The highest BCUT2D eigenvalue weighted by atomic mass is 32.2. The molecule has 1 saturated heterocycles. The van der Waals surface area contributed by atoms with Crippen LogP contribution in [0, 0.1) is 0 Å². The lowest BCUT2D eigenvalue weighted by molar-refractivity contribution is 0.256. The summed E-state index contributed by atoms with van der Waals surface area (Å²) in [7, 11) is 0. The van der Waals surface area contributed by atoms with Crippen LogP contribution in [0.1, 0.15) is 43.6 Å². The van der Waals surface area contributed by atoms with Crippen molar-refractivity contribution in [2.75, 3.05) is 5.75 Å². The summed E-state index contributed by atoms with van der Waals surface area (Å²) in [5.74, 6) is 1.13. The van der Waals surface area contributed by atoms with Crippen molar-refractivity contribution >= 4 is 27.8 Å². The second-order valence-corrected chi connectivity index (χ2v) is 8.21. The number of aromatic nitrogens is 2. The van der Waals surface area contributed by atoms with Gasteiger partial charge in [-0.05, 0) is 31.5 Å². The van der Waals surface area contributed by atoms with Gasteiger partial charge < -0.3 is 9.47 Å². The number of pyridine rings is 1.